The molecule has 1 heterocycles. The van der Waals surface area contributed by atoms with Crippen molar-refractivity contribution in [2.75, 3.05) is 14.2 Å². The summed E-state index contributed by atoms with van der Waals surface area (Å²) in [7, 11) is 3.01. The quantitative estimate of drug-likeness (QED) is 0.462. The van der Waals surface area contributed by atoms with Crippen molar-refractivity contribution >= 4 is 33.9 Å². The lowest BCUT2D eigenvalue weighted by atomic mass is 10.1. The highest BCUT2D eigenvalue weighted by Crippen LogP contribution is 2.35. The van der Waals surface area contributed by atoms with Crippen LogP contribution in [0.1, 0.15) is 19.4 Å². The van der Waals surface area contributed by atoms with Crippen molar-refractivity contribution in [2.24, 2.45) is 0 Å². The monoisotopic (exact) mass is 370 g/mol. The van der Waals surface area contributed by atoms with Crippen LogP contribution < -0.4 is 9.47 Å². The van der Waals surface area contributed by atoms with E-state index < -0.39 is 17.7 Å². The molecule has 0 N–H and O–H groups in total. The van der Waals surface area contributed by atoms with Crippen LogP contribution in [0.5, 0.6) is 11.5 Å². The standard InChI is InChI=1S/C15H15BrO6/c1-15(2)21-13(17)9(14(18)22-15)5-8-6-11(19-3)12(20-4)7-10(8)16/h5-7H,1-4H3. The van der Waals surface area contributed by atoms with Crippen molar-refractivity contribution < 1.29 is 28.5 Å². The zero-order valence-corrected chi connectivity index (χ0v) is 14.1. The minimum atomic E-state index is -1.26. The summed E-state index contributed by atoms with van der Waals surface area (Å²) in [6, 6.07) is 3.31. The third kappa shape index (κ3) is 3.24. The maximum atomic E-state index is 12.0. The number of hydrogen-bond donors (Lipinski definition) is 0. The molecule has 0 radical (unpaired) electrons. The number of esters is 2. The van der Waals surface area contributed by atoms with Gasteiger partial charge in [-0.2, -0.15) is 0 Å². The SMILES string of the molecule is COc1cc(Br)c(C=C2C(=O)OC(C)(C)OC2=O)cc1OC. The predicted molar refractivity (Wildman–Crippen MR) is 81.5 cm³/mol. The molecule has 0 aliphatic carbocycles. The van der Waals surface area contributed by atoms with Gasteiger partial charge in [-0.3, -0.25) is 0 Å². The van der Waals surface area contributed by atoms with E-state index in [9.17, 15) is 9.59 Å². The molecule has 0 aromatic heterocycles. The number of halogens is 1. The molecule has 0 amide bonds. The van der Waals surface area contributed by atoms with Gasteiger partial charge in [-0.25, -0.2) is 9.59 Å². The Kier molecular flexibility index (Phi) is 4.46. The summed E-state index contributed by atoms with van der Waals surface area (Å²) in [5, 5.41) is 0. The molecule has 0 bridgehead atoms. The number of cyclic esters (lactones) is 2. The third-order valence-electron chi connectivity index (χ3n) is 2.92. The Bertz CT molecular complexity index is 640. The lowest BCUT2D eigenvalue weighted by Gasteiger charge is -2.29. The first kappa shape index (κ1) is 16.4. The van der Waals surface area contributed by atoms with Gasteiger partial charge in [-0.15, -0.1) is 0 Å². The summed E-state index contributed by atoms with van der Waals surface area (Å²) in [6.07, 6.45) is 1.38. The fourth-order valence-electron chi connectivity index (χ4n) is 1.91. The van der Waals surface area contributed by atoms with Crippen molar-refractivity contribution in [3.8, 4) is 11.5 Å². The second-order valence-corrected chi connectivity index (χ2v) is 5.82. The summed E-state index contributed by atoms with van der Waals surface area (Å²) < 4.78 is 21.1. The summed E-state index contributed by atoms with van der Waals surface area (Å²) >= 11 is 3.36. The van der Waals surface area contributed by atoms with Crippen LogP contribution in [-0.2, 0) is 19.1 Å². The van der Waals surface area contributed by atoms with E-state index in [0.717, 1.165) is 0 Å². The Balaban J connectivity index is 2.45. The maximum absolute atomic E-state index is 12.0. The van der Waals surface area contributed by atoms with Crippen molar-refractivity contribution in [1.82, 2.24) is 0 Å². The van der Waals surface area contributed by atoms with E-state index >= 15 is 0 Å². The van der Waals surface area contributed by atoms with Crippen LogP contribution in [0.25, 0.3) is 6.08 Å². The molecular weight excluding hydrogens is 356 g/mol. The molecule has 1 aromatic carbocycles. The molecule has 1 saturated heterocycles. The number of methoxy groups -OCH3 is 2. The van der Waals surface area contributed by atoms with E-state index in [0.29, 0.717) is 21.5 Å². The maximum Gasteiger partial charge on any atom is 0.348 e. The first-order valence-corrected chi connectivity index (χ1v) is 7.16. The van der Waals surface area contributed by atoms with E-state index in [-0.39, 0.29) is 5.57 Å². The number of carbonyl (C=O) groups excluding carboxylic acids is 2. The fraction of sp³-hybridized carbons (Fsp3) is 0.333. The van der Waals surface area contributed by atoms with Gasteiger partial charge >= 0.3 is 11.9 Å². The number of rotatable bonds is 3. The van der Waals surface area contributed by atoms with Crippen LogP contribution >= 0.6 is 15.9 Å². The lowest BCUT2D eigenvalue weighted by Crippen LogP contribution is -2.41. The van der Waals surface area contributed by atoms with Gasteiger partial charge in [0.15, 0.2) is 11.5 Å². The number of hydrogen-bond acceptors (Lipinski definition) is 6. The zero-order chi connectivity index (χ0) is 16.5. The summed E-state index contributed by atoms with van der Waals surface area (Å²) in [5.74, 6) is -1.74. The molecule has 1 fully saturated rings. The minimum Gasteiger partial charge on any atom is -0.493 e. The first-order valence-electron chi connectivity index (χ1n) is 6.37. The first-order chi connectivity index (χ1) is 10.3. The second kappa shape index (κ2) is 6.00. The van der Waals surface area contributed by atoms with Gasteiger partial charge in [-0.05, 0) is 23.8 Å². The van der Waals surface area contributed by atoms with E-state index in [1.54, 1.807) is 12.1 Å². The molecule has 7 heteroatoms. The van der Waals surface area contributed by atoms with Crippen molar-refractivity contribution in [3.63, 3.8) is 0 Å². The largest absolute Gasteiger partial charge is 0.493 e. The highest BCUT2D eigenvalue weighted by molar-refractivity contribution is 9.10. The molecule has 1 aliphatic rings. The van der Waals surface area contributed by atoms with Crippen molar-refractivity contribution in [1.29, 1.82) is 0 Å². The Morgan fingerprint density at radius 3 is 2.05 bits per heavy atom. The number of benzene rings is 1. The Labute approximate surface area is 136 Å². The average Bonchev–Trinajstić information content (AvgIpc) is 2.42. The van der Waals surface area contributed by atoms with Gasteiger partial charge in [0.25, 0.3) is 5.79 Å². The van der Waals surface area contributed by atoms with Crippen molar-refractivity contribution in [2.45, 2.75) is 19.6 Å². The fourth-order valence-corrected chi connectivity index (χ4v) is 2.35. The van der Waals surface area contributed by atoms with Crippen LogP contribution in [0.2, 0.25) is 0 Å². The van der Waals surface area contributed by atoms with Crippen LogP contribution in [0.4, 0.5) is 0 Å². The van der Waals surface area contributed by atoms with E-state index in [1.807, 2.05) is 0 Å². The minimum absolute atomic E-state index is 0.188. The van der Waals surface area contributed by atoms with E-state index in [1.165, 1.54) is 34.1 Å². The summed E-state index contributed by atoms with van der Waals surface area (Å²) in [5.41, 5.74) is 0.369. The molecule has 0 unspecified atom stereocenters. The molecule has 2 rings (SSSR count). The van der Waals surface area contributed by atoms with Gasteiger partial charge in [-0.1, -0.05) is 15.9 Å². The van der Waals surface area contributed by atoms with Gasteiger partial charge in [0, 0.05) is 18.3 Å². The Morgan fingerprint density at radius 2 is 1.55 bits per heavy atom. The van der Waals surface area contributed by atoms with E-state index in [2.05, 4.69) is 15.9 Å². The number of ether oxygens (including phenoxy) is 4. The predicted octanol–water partition coefficient (Wildman–Crippen LogP) is 2.69. The lowest BCUT2D eigenvalue weighted by molar-refractivity contribution is -0.222. The van der Waals surface area contributed by atoms with Gasteiger partial charge in [0.05, 0.1) is 14.2 Å². The molecule has 6 nitrogen and oxygen atoms in total. The van der Waals surface area contributed by atoms with Crippen LogP contribution in [0.3, 0.4) is 0 Å². The smallest absolute Gasteiger partial charge is 0.348 e. The molecule has 1 aliphatic heterocycles. The van der Waals surface area contributed by atoms with Crippen LogP contribution in [0.15, 0.2) is 22.2 Å². The number of carbonyl (C=O) groups is 2. The molecule has 118 valence electrons. The summed E-state index contributed by atoms with van der Waals surface area (Å²) in [6.45, 7) is 2.98. The average molecular weight is 371 g/mol. The molecule has 0 saturated carbocycles. The van der Waals surface area contributed by atoms with Gasteiger partial charge in [0.2, 0.25) is 0 Å². The van der Waals surface area contributed by atoms with Gasteiger partial charge in [0.1, 0.15) is 5.57 Å². The van der Waals surface area contributed by atoms with Gasteiger partial charge < -0.3 is 18.9 Å². The summed E-state index contributed by atoms with van der Waals surface area (Å²) in [4.78, 5) is 23.9. The molecule has 1 aromatic rings. The van der Waals surface area contributed by atoms with Crippen LogP contribution in [0, 0.1) is 0 Å². The Morgan fingerprint density at radius 1 is 1.05 bits per heavy atom. The molecule has 0 atom stereocenters. The van der Waals surface area contributed by atoms with Crippen molar-refractivity contribution in [3.05, 3.63) is 27.7 Å². The molecule has 0 spiro atoms. The molecule has 22 heavy (non-hydrogen) atoms. The highest BCUT2D eigenvalue weighted by atomic mass is 79.9. The highest BCUT2D eigenvalue weighted by Gasteiger charge is 2.38. The molecular formula is C15H15BrO6. The zero-order valence-electron chi connectivity index (χ0n) is 12.6. The van der Waals surface area contributed by atoms with Crippen LogP contribution in [-0.4, -0.2) is 31.9 Å². The third-order valence-corrected chi connectivity index (χ3v) is 3.61. The van der Waals surface area contributed by atoms with E-state index in [4.69, 9.17) is 18.9 Å². The topological polar surface area (TPSA) is 71.1 Å². The second-order valence-electron chi connectivity index (χ2n) is 4.97. The Hall–Kier alpha value is -2.02. The normalized spacial score (nSPS) is 16.7.